The zero-order chi connectivity index (χ0) is 20.8. The second-order valence-electron chi connectivity index (χ2n) is 7.48. The topological polar surface area (TPSA) is 59.1 Å². The zero-order valence-electron chi connectivity index (χ0n) is 17.2. The molecule has 0 radical (unpaired) electrons. The van der Waals surface area contributed by atoms with Gasteiger partial charge < -0.3 is 14.4 Å². The maximum absolute atomic E-state index is 13.5. The van der Waals surface area contributed by atoms with E-state index in [-0.39, 0.29) is 17.9 Å². The lowest BCUT2D eigenvalue weighted by atomic mass is 9.94. The summed E-state index contributed by atoms with van der Waals surface area (Å²) in [4.78, 5) is 30.4. The lowest BCUT2D eigenvalue weighted by molar-refractivity contribution is -0.141. The normalized spacial score (nSPS) is 18.1. The molecule has 1 saturated carbocycles. The van der Waals surface area contributed by atoms with Gasteiger partial charge in [-0.15, -0.1) is 0 Å². The molecule has 0 saturated heterocycles. The van der Waals surface area contributed by atoms with Crippen LogP contribution in [-0.4, -0.2) is 68.2 Å². The number of nitrogens with zero attached hydrogens (tertiary/aromatic N) is 2. The molecule has 2 aliphatic rings. The van der Waals surface area contributed by atoms with Crippen LogP contribution in [0.5, 0.6) is 0 Å². The molecule has 158 valence electrons. The molecule has 29 heavy (non-hydrogen) atoms. The molecule has 0 aromatic heterocycles. The smallest absolute Gasteiger partial charge is 0.278 e. The average molecular weight is 421 g/mol. The highest BCUT2D eigenvalue weighted by Crippen LogP contribution is 2.36. The van der Waals surface area contributed by atoms with Gasteiger partial charge in [0, 0.05) is 38.4 Å². The first-order valence-electron chi connectivity index (χ1n) is 10.2. The van der Waals surface area contributed by atoms with Crippen LogP contribution in [-0.2, 0) is 19.1 Å². The number of imide groups is 1. The summed E-state index contributed by atoms with van der Waals surface area (Å²) < 4.78 is 10.5. The molecule has 0 bridgehead atoms. The van der Waals surface area contributed by atoms with Crippen molar-refractivity contribution in [3.63, 3.8) is 0 Å². The Morgan fingerprint density at radius 1 is 0.966 bits per heavy atom. The molecule has 1 heterocycles. The Hall–Kier alpha value is -1.89. The molecule has 1 aliphatic carbocycles. The first-order valence-corrected chi connectivity index (χ1v) is 10.6. The lowest BCUT2D eigenvalue weighted by Gasteiger charge is -2.31. The van der Waals surface area contributed by atoms with E-state index in [1.54, 1.807) is 38.5 Å². The Morgan fingerprint density at radius 3 is 2.10 bits per heavy atom. The highest BCUT2D eigenvalue weighted by atomic mass is 35.5. The van der Waals surface area contributed by atoms with Crippen molar-refractivity contribution in [2.45, 2.75) is 38.1 Å². The molecule has 1 aliphatic heterocycles. The van der Waals surface area contributed by atoms with Gasteiger partial charge in [-0.2, -0.15) is 0 Å². The Balaban J connectivity index is 2.03. The number of carbonyl (C=O) groups excluding carboxylic acids is 2. The predicted octanol–water partition coefficient (Wildman–Crippen LogP) is 3.35. The Morgan fingerprint density at radius 2 is 1.55 bits per heavy atom. The Labute approximate surface area is 177 Å². The van der Waals surface area contributed by atoms with Crippen LogP contribution in [0.3, 0.4) is 0 Å². The molecule has 1 fully saturated rings. The van der Waals surface area contributed by atoms with Gasteiger partial charge in [0.1, 0.15) is 5.70 Å². The SMILES string of the molecule is COCCN(CCOC)C1=C(c2ccc(Cl)cc2)C(=O)N(C2CCCCC2)C1=O. The van der Waals surface area contributed by atoms with Crippen LogP contribution in [0.15, 0.2) is 30.0 Å². The monoisotopic (exact) mass is 420 g/mol. The summed E-state index contributed by atoms with van der Waals surface area (Å²) in [5.74, 6) is -0.418. The number of hydrogen-bond donors (Lipinski definition) is 0. The fourth-order valence-electron chi connectivity index (χ4n) is 4.11. The van der Waals surface area contributed by atoms with Gasteiger partial charge in [-0.3, -0.25) is 14.5 Å². The van der Waals surface area contributed by atoms with Crippen molar-refractivity contribution in [2.75, 3.05) is 40.5 Å². The molecular formula is C22H29ClN2O4. The number of hydrogen-bond acceptors (Lipinski definition) is 5. The van der Waals surface area contributed by atoms with E-state index in [9.17, 15) is 9.59 Å². The van der Waals surface area contributed by atoms with E-state index in [0.717, 1.165) is 32.1 Å². The molecule has 0 atom stereocenters. The van der Waals surface area contributed by atoms with Gasteiger partial charge in [-0.25, -0.2) is 0 Å². The van der Waals surface area contributed by atoms with Crippen LogP contribution >= 0.6 is 11.6 Å². The van der Waals surface area contributed by atoms with Crippen LogP contribution < -0.4 is 0 Å². The molecule has 1 aromatic carbocycles. The third-order valence-electron chi connectivity index (χ3n) is 5.61. The quantitative estimate of drug-likeness (QED) is 0.573. The fourth-order valence-corrected chi connectivity index (χ4v) is 4.24. The number of halogens is 1. The van der Waals surface area contributed by atoms with Crippen molar-refractivity contribution in [1.82, 2.24) is 9.80 Å². The number of ether oxygens (including phenoxy) is 2. The number of benzene rings is 1. The molecule has 3 rings (SSSR count). The lowest BCUT2D eigenvalue weighted by Crippen LogP contribution is -2.44. The van der Waals surface area contributed by atoms with E-state index in [0.29, 0.717) is 48.2 Å². The van der Waals surface area contributed by atoms with Crippen molar-refractivity contribution < 1.29 is 19.1 Å². The number of rotatable bonds is 9. The molecular weight excluding hydrogens is 392 g/mol. The summed E-state index contributed by atoms with van der Waals surface area (Å²) in [6.45, 7) is 1.91. The summed E-state index contributed by atoms with van der Waals surface area (Å²) >= 11 is 6.05. The summed E-state index contributed by atoms with van der Waals surface area (Å²) in [5.41, 5.74) is 1.60. The second-order valence-corrected chi connectivity index (χ2v) is 7.91. The average Bonchev–Trinajstić information content (AvgIpc) is 2.99. The van der Waals surface area contributed by atoms with Gasteiger partial charge >= 0.3 is 0 Å². The molecule has 0 unspecified atom stereocenters. The molecule has 6 nitrogen and oxygen atoms in total. The molecule has 7 heteroatoms. The largest absolute Gasteiger partial charge is 0.383 e. The van der Waals surface area contributed by atoms with E-state index < -0.39 is 0 Å². The van der Waals surface area contributed by atoms with Crippen LogP contribution in [0.25, 0.3) is 5.57 Å². The molecule has 2 amide bonds. The summed E-state index contributed by atoms with van der Waals surface area (Å²) in [7, 11) is 3.25. The second kappa shape index (κ2) is 10.2. The molecule has 0 N–H and O–H groups in total. The van der Waals surface area contributed by atoms with Gasteiger partial charge in [0.05, 0.1) is 18.8 Å². The fraction of sp³-hybridized carbons (Fsp3) is 0.545. The van der Waals surface area contributed by atoms with E-state index in [4.69, 9.17) is 21.1 Å². The van der Waals surface area contributed by atoms with Gasteiger partial charge in [-0.05, 0) is 30.5 Å². The summed E-state index contributed by atoms with van der Waals surface area (Å²) in [6, 6.07) is 7.07. The van der Waals surface area contributed by atoms with Crippen molar-refractivity contribution >= 4 is 29.0 Å². The maximum atomic E-state index is 13.5. The first kappa shape index (κ1) is 21.8. The highest BCUT2D eigenvalue weighted by Gasteiger charge is 2.44. The van der Waals surface area contributed by atoms with Crippen molar-refractivity contribution in [3.05, 3.63) is 40.5 Å². The number of carbonyl (C=O) groups is 2. The minimum Gasteiger partial charge on any atom is -0.383 e. The first-order chi connectivity index (χ1) is 14.1. The van der Waals surface area contributed by atoms with Gasteiger partial charge in [-0.1, -0.05) is 43.0 Å². The van der Waals surface area contributed by atoms with Crippen molar-refractivity contribution in [2.24, 2.45) is 0 Å². The summed E-state index contributed by atoms with van der Waals surface area (Å²) in [6.07, 6.45) is 4.99. The van der Waals surface area contributed by atoms with Crippen LogP contribution in [0.2, 0.25) is 5.02 Å². The van der Waals surface area contributed by atoms with Crippen molar-refractivity contribution in [1.29, 1.82) is 0 Å². The van der Waals surface area contributed by atoms with E-state index in [1.165, 1.54) is 4.90 Å². The third-order valence-corrected chi connectivity index (χ3v) is 5.86. The Kier molecular flexibility index (Phi) is 7.70. The highest BCUT2D eigenvalue weighted by molar-refractivity contribution is 6.36. The third kappa shape index (κ3) is 4.82. The van der Waals surface area contributed by atoms with Gasteiger partial charge in [0.15, 0.2) is 0 Å². The van der Waals surface area contributed by atoms with E-state index >= 15 is 0 Å². The molecule has 1 aromatic rings. The van der Waals surface area contributed by atoms with Crippen LogP contribution in [0.4, 0.5) is 0 Å². The van der Waals surface area contributed by atoms with E-state index in [1.807, 2.05) is 4.90 Å². The van der Waals surface area contributed by atoms with Crippen molar-refractivity contribution in [3.8, 4) is 0 Å². The number of methoxy groups -OCH3 is 2. The standard InChI is InChI=1S/C22H29ClN2O4/c1-28-14-12-24(13-15-29-2)20-19(16-8-10-17(23)11-9-16)21(26)25(22(20)27)18-6-4-3-5-7-18/h8-11,18H,3-7,12-15H2,1-2H3. The maximum Gasteiger partial charge on any atom is 0.278 e. The van der Waals surface area contributed by atoms with Gasteiger partial charge in [0.25, 0.3) is 11.8 Å². The Bertz CT molecular complexity index is 749. The predicted molar refractivity (Wildman–Crippen MR) is 112 cm³/mol. The minimum atomic E-state index is -0.209. The molecule has 0 spiro atoms. The summed E-state index contributed by atoms with van der Waals surface area (Å²) in [5, 5.41) is 0.590. The van der Waals surface area contributed by atoms with Gasteiger partial charge in [0.2, 0.25) is 0 Å². The van der Waals surface area contributed by atoms with Crippen LogP contribution in [0, 0.1) is 0 Å². The minimum absolute atomic E-state index is 0.0322. The van der Waals surface area contributed by atoms with Crippen LogP contribution in [0.1, 0.15) is 37.7 Å². The van der Waals surface area contributed by atoms with E-state index in [2.05, 4.69) is 0 Å². The zero-order valence-corrected chi connectivity index (χ0v) is 17.9. The number of amides is 2.